The van der Waals surface area contributed by atoms with Crippen molar-refractivity contribution >= 4 is 29.9 Å². The zero-order chi connectivity index (χ0) is 17.4. The Balaban J connectivity index is 0.00000312. The molecule has 2 aromatic rings. The van der Waals surface area contributed by atoms with Crippen LogP contribution in [0.1, 0.15) is 23.7 Å². The van der Waals surface area contributed by atoms with Gasteiger partial charge in [-0.25, -0.2) is 4.39 Å². The summed E-state index contributed by atoms with van der Waals surface area (Å²) >= 11 is 0. The highest BCUT2D eigenvalue weighted by atomic mass is 127. The van der Waals surface area contributed by atoms with Gasteiger partial charge in [0.15, 0.2) is 5.96 Å². The number of nitrogens with zero attached hydrogens (tertiary/aromatic N) is 3. The molecule has 0 aliphatic heterocycles. The van der Waals surface area contributed by atoms with Crippen LogP contribution in [0.5, 0.6) is 0 Å². The third-order valence-electron chi connectivity index (χ3n) is 3.64. The zero-order valence-corrected chi connectivity index (χ0v) is 17.3. The summed E-state index contributed by atoms with van der Waals surface area (Å²) in [5.74, 6) is 0.608. The van der Waals surface area contributed by atoms with E-state index in [0.717, 1.165) is 30.2 Å². The van der Waals surface area contributed by atoms with Gasteiger partial charge < -0.3 is 10.2 Å². The Labute approximate surface area is 166 Å². The van der Waals surface area contributed by atoms with Gasteiger partial charge in [-0.15, -0.1) is 24.0 Å². The van der Waals surface area contributed by atoms with Crippen molar-refractivity contribution < 1.29 is 4.39 Å². The molecule has 0 spiro atoms. The first-order valence-corrected chi connectivity index (χ1v) is 8.24. The van der Waals surface area contributed by atoms with Gasteiger partial charge in [-0.2, -0.15) is 0 Å². The lowest BCUT2D eigenvalue weighted by atomic mass is 10.2. The Bertz CT molecular complexity index is 673. The quantitative estimate of drug-likeness (QED) is 0.409. The fourth-order valence-electron chi connectivity index (χ4n) is 2.39. The third kappa shape index (κ3) is 7.37. The van der Waals surface area contributed by atoms with Gasteiger partial charge in [-0.3, -0.25) is 9.98 Å². The van der Waals surface area contributed by atoms with Crippen LogP contribution in [0.15, 0.2) is 47.6 Å². The topological polar surface area (TPSA) is 40.5 Å². The standard InChI is InChI=1S/C19H25FN4.HI/c1-4-21-19(22-11-10-16-9-8-15(2)23-13-16)24(3)14-17-6-5-7-18(20)12-17;/h5-9,12-13H,4,10-11,14H2,1-3H3,(H,21,22);1H. The smallest absolute Gasteiger partial charge is 0.193 e. The van der Waals surface area contributed by atoms with Crippen LogP contribution in [0.2, 0.25) is 0 Å². The predicted octanol–water partition coefficient (Wildman–Crippen LogP) is 3.79. The molecule has 0 aliphatic carbocycles. The van der Waals surface area contributed by atoms with E-state index in [2.05, 4.69) is 21.4 Å². The van der Waals surface area contributed by atoms with Crippen molar-refractivity contribution in [3.63, 3.8) is 0 Å². The summed E-state index contributed by atoms with van der Waals surface area (Å²) in [5, 5.41) is 3.28. The molecule has 0 radical (unpaired) electrons. The lowest BCUT2D eigenvalue weighted by molar-refractivity contribution is 0.475. The van der Waals surface area contributed by atoms with Gasteiger partial charge in [0.1, 0.15) is 5.82 Å². The van der Waals surface area contributed by atoms with Gasteiger partial charge in [-0.05, 0) is 49.6 Å². The fraction of sp³-hybridized carbons (Fsp3) is 0.368. The fourth-order valence-corrected chi connectivity index (χ4v) is 2.39. The number of aromatic nitrogens is 1. The van der Waals surface area contributed by atoms with E-state index in [1.165, 1.54) is 11.6 Å². The number of aryl methyl sites for hydroxylation is 1. The molecule has 0 unspecified atom stereocenters. The van der Waals surface area contributed by atoms with Gasteiger partial charge in [0.2, 0.25) is 0 Å². The predicted molar refractivity (Wildman–Crippen MR) is 112 cm³/mol. The van der Waals surface area contributed by atoms with Gasteiger partial charge in [0, 0.05) is 38.6 Å². The molecule has 0 saturated heterocycles. The second-order valence-electron chi connectivity index (χ2n) is 5.78. The number of halogens is 2. The molecular formula is C19H26FIN4. The highest BCUT2D eigenvalue weighted by molar-refractivity contribution is 14.0. The van der Waals surface area contributed by atoms with Gasteiger partial charge >= 0.3 is 0 Å². The van der Waals surface area contributed by atoms with Crippen molar-refractivity contribution in [1.82, 2.24) is 15.2 Å². The molecule has 0 bridgehead atoms. The van der Waals surface area contributed by atoms with Crippen molar-refractivity contribution in [1.29, 1.82) is 0 Å². The molecule has 1 aromatic heterocycles. The first-order chi connectivity index (χ1) is 11.6. The largest absolute Gasteiger partial charge is 0.357 e. The maximum absolute atomic E-state index is 13.3. The van der Waals surface area contributed by atoms with Crippen LogP contribution in [-0.4, -0.2) is 36.0 Å². The monoisotopic (exact) mass is 456 g/mol. The van der Waals surface area contributed by atoms with Crippen LogP contribution < -0.4 is 5.32 Å². The molecule has 1 heterocycles. The van der Waals surface area contributed by atoms with E-state index in [9.17, 15) is 4.39 Å². The molecular weight excluding hydrogens is 430 g/mol. The average molecular weight is 456 g/mol. The van der Waals surface area contributed by atoms with E-state index in [0.29, 0.717) is 13.1 Å². The Hall–Kier alpha value is -1.70. The number of hydrogen-bond donors (Lipinski definition) is 1. The van der Waals surface area contributed by atoms with Gasteiger partial charge in [0.25, 0.3) is 0 Å². The van der Waals surface area contributed by atoms with Crippen molar-refractivity contribution in [2.45, 2.75) is 26.8 Å². The molecule has 0 fully saturated rings. The van der Waals surface area contributed by atoms with Gasteiger partial charge in [-0.1, -0.05) is 18.2 Å². The van der Waals surface area contributed by atoms with Crippen LogP contribution in [0.3, 0.4) is 0 Å². The van der Waals surface area contributed by atoms with E-state index < -0.39 is 0 Å². The molecule has 0 saturated carbocycles. The van der Waals surface area contributed by atoms with Gasteiger partial charge in [0.05, 0.1) is 0 Å². The molecule has 0 atom stereocenters. The van der Waals surface area contributed by atoms with Crippen LogP contribution in [-0.2, 0) is 13.0 Å². The number of aliphatic imine (C=N–C) groups is 1. The summed E-state index contributed by atoms with van der Waals surface area (Å²) in [5.41, 5.74) is 3.12. The van der Waals surface area contributed by atoms with Crippen LogP contribution >= 0.6 is 24.0 Å². The zero-order valence-electron chi connectivity index (χ0n) is 15.0. The maximum atomic E-state index is 13.3. The van der Waals surface area contributed by atoms with E-state index in [4.69, 9.17) is 0 Å². The third-order valence-corrected chi connectivity index (χ3v) is 3.64. The molecule has 6 heteroatoms. The number of benzene rings is 1. The van der Waals surface area contributed by atoms with Crippen LogP contribution in [0.25, 0.3) is 0 Å². The second-order valence-corrected chi connectivity index (χ2v) is 5.78. The van der Waals surface area contributed by atoms with Crippen LogP contribution in [0.4, 0.5) is 4.39 Å². The second kappa shape index (κ2) is 11.0. The number of rotatable bonds is 6. The average Bonchev–Trinajstić information content (AvgIpc) is 2.56. The van der Waals surface area contributed by atoms with E-state index in [-0.39, 0.29) is 29.8 Å². The van der Waals surface area contributed by atoms with Crippen molar-refractivity contribution in [3.05, 3.63) is 65.2 Å². The summed E-state index contributed by atoms with van der Waals surface area (Å²) in [6.07, 6.45) is 2.74. The van der Waals surface area contributed by atoms with E-state index in [1.54, 1.807) is 12.1 Å². The van der Waals surface area contributed by atoms with Crippen molar-refractivity contribution in [3.8, 4) is 0 Å². The van der Waals surface area contributed by atoms with E-state index in [1.807, 2.05) is 44.1 Å². The minimum Gasteiger partial charge on any atom is -0.357 e. The molecule has 2 rings (SSSR count). The Morgan fingerprint density at radius 3 is 2.68 bits per heavy atom. The summed E-state index contributed by atoms with van der Waals surface area (Å²) in [4.78, 5) is 11.0. The molecule has 25 heavy (non-hydrogen) atoms. The Kier molecular flexibility index (Phi) is 9.41. The highest BCUT2D eigenvalue weighted by Crippen LogP contribution is 2.07. The van der Waals surface area contributed by atoms with Crippen molar-refractivity contribution in [2.24, 2.45) is 4.99 Å². The first-order valence-electron chi connectivity index (χ1n) is 8.24. The summed E-state index contributed by atoms with van der Waals surface area (Å²) in [6, 6.07) is 10.8. The number of guanidine groups is 1. The summed E-state index contributed by atoms with van der Waals surface area (Å²) in [6.45, 7) is 6.09. The minimum atomic E-state index is -0.213. The summed E-state index contributed by atoms with van der Waals surface area (Å²) in [7, 11) is 1.96. The summed E-state index contributed by atoms with van der Waals surface area (Å²) < 4.78 is 13.3. The van der Waals surface area contributed by atoms with Crippen molar-refractivity contribution in [2.75, 3.05) is 20.1 Å². The normalized spacial score (nSPS) is 11.0. The molecule has 1 aromatic carbocycles. The first kappa shape index (κ1) is 21.3. The minimum absolute atomic E-state index is 0. The Morgan fingerprint density at radius 2 is 2.04 bits per heavy atom. The lowest BCUT2D eigenvalue weighted by Gasteiger charge is -2.22. The molecule has 136 valence electrons. The molecule has 0 aliphatic rings. The molecule has 1 N–H and O–H groups in total. The number of nitrogens with one attached hydrogen (secondary N) is 1. The highest BCUT2D eigenvalue weighted by Gasteiger charge is 2.07. The SMILES string of the molecule is CCNC(=NCCc1ccc(C)nc1)N(C)Cc1cccc(F)c1.I. The van der Waals surface area contributed by atoms with E-state index >= 15 is 0 Å². The number of pyridine rings is 1. The van der Waals surface area contributed by atoms with Crippen LogP contribution in [0, 0.1) is 12.7 Å². The number of hydrogen-bond acceptors (Lipinski definition) is 2. The molecule has 4 nitrogen and oxygen atoms in total. The molecule has 0 amide bonds. The lowest BCUT2D eigenvalue weighted by Crippen LogP contribution is -2.38. The maximum Gasteiger partial charge on any atom is 0.193 e. The Morgan fingerprint density at radius 1 is 1.24 bits per heavy atom.